The maximum Gasteiger partial charge on any atom is 0.255 e. The number of carbonyl (C=O) groups is 2. The smallest absolute Gasteiger partial charge is 0.255 e. The molecule has 0 unspecified atom stereocenters. The summed E-state index contributed by atoms with van der Waals surface area (Å²) in [6, 6.07) is 15.0. The van der Waals surface area contributed by atoms with Crippen LogP contribution in [0, 0.1) is 0 Å². The van der Waals surface area contributed by atoms with Crippen LogP contribution in [-0.2, 0) is 4.79 Å². The lowest BCUT2D eigenvalue weighted by Gasteiger charge is -2.22. The van der Waals surface area contributed by atoms with E-state index in [9.17, 15) is 9.59 Å². The SMILES string of the molecule is CCCN(CCC(=O)Nc1nnc(-c2ccc(Br)cc2)s1)C(=O)c1ccccc1Br. The summed E-state index contributed by atoms with van der Waals surface area (Å²) in [7, 11) is 0. The number of hydrogen-bond donors (Lipinski definition) is 1. The van der Waals surface area contributed by atoms with Crippen LogP contribution in [0.2, 0.25) is 0 Å². The highest BCUT2D eigenvalue weighted by atomic mass is 79.9. The van der Waals surface area contributed by atoms with E-state index in [2.05, 4.69) is 47.4 Å². The molecule has 0 aliphatic heterocycles. The molecule has 1 aromatic heterocycles. The predicted octanol–water partition coefficient (Wildman–Crippen LogP) is 5.61. The third-order valence-electron chi connectivity index (χ3n) is 4.26. The number of nitrogens with zero attached hydrogens (tertiary/aromatic N) is 3. The van der Waals surface area contributed by atoms with Crippen LogP contribution in [0.25, 0.3) is 10.6 Å². The maximum atomic E-state index is 12.9. The van der Waals surface area contributed by atoms with Gasteiger partial charge in [0.25, 0.3) is 5.91 Å². The summed E-state index contributed by atoms with van der Waals surface area (Å²) in [5, 5.41) is 12.1. The Balaban J connectivity index is 1.59. The van der Waals surface area contributed by atoms with E-state index in [1.165, 1.54) is 11.3 Å². The summed E-state index contributed by atoms with van der Waals surface area (Å²) in [5.74, 6) is -0.292. The Morgan fingerprint density at radius 3 is 2.47 bits per heavy atom. The Morgan fingerprint density at radius 1 is 1.03 bits per heavy atom. The standard InChI is InChI=1S/C21H20Br2N4O2S/c1-2-12-27(20(29)16-5-3-4-6-17(16)23)13-11-18(28)24-21-26-25-19(30-21)14-7-9-15(22)10-8-14/h3-10H,2,11-13H2,1H3,(H,24,26,28). The first-order valence-corrected chi connectivity index (χ1v) is 11.8. The van der Waals surface area contributed by atoms with Gasteiger partial charge in [-0.05, 0) is 46.6 Å². The van der Waals surface area contributed by atoms with Gasteiger partial charge in [0.05, 0.1) is 5.56 Å². The Hall–Kier alpha value is -2.10. The predicted molar refractivity (Wildman–Crippen MR) is 127 cm³/mol. The molecule has 1 N–H and O–H groups in total. The monoisotopic (exact) mass is 550 g/mol. The van der Waals surface area contributed by atoms with Crippen LogP contribution < -0.4 is 5.32 Å². The highest BCUT2D eigenvalue weighted by molar-refractivity contribution is 9.10. The van der Waals surface area contributed by atoms with E-state index in [0.29, 0.717) is 23.8 Å². The van der Waals surface area contributed by atoms with Crippen molar-refractivity contribution in [3.63, 3.8) is 0 Å². The van der Waals surface area contributed by atoms with Crippen molar-refractivity contribution in [3.05, 3.63) is 63.0 Å². The van der Waals surface area contributed by atoms with Gasteiger partial charge in [-0.2, -0.15) is 0 Å². The minimum Gasteiger partial charge on any atom is -0.338 e. The van der Waals surface area contributed by atoms with E-state index < -0.39 is 0 Å². The highest BCUT2D eigenvalue weighted by Crippen LogP contribution is 2.27. The van der Waals surface area contributed by atoms with Crippen LogP contribution in [0.3, 0.4) is 0 Å². The van der Waals surface area contributed by atoms with Crippen molar-refractivity contribution in [1.82, 2.24) is 15.1 Å². The number of rotatable bonds is 8. The second kappa shape index (κ2) is 10.8. The molecule has 2 aromatic carbocycles. The summed E-state index contributed by atoms with van der Waals surface area (Å²) < 4.78 is 1.73. The first-order valence-electron chi connectivity index (χ1n) is 9.41. The van der Waals surface area contributed by atoms with Gasteiger partial charge in [0.2, 0.25) is 11.0 Å². The van der Waals surface area contributed by atoms with E-state index in [-0.39, 0.29) is 18.2 Å². The molecule has 30 heavy (non-hydrogen) atoms. The summed E-state index contributed by atoms with van der Waals surface area (Å²) >= 11 is 8.14. The third-order valence-corrected chi connectivity index (χ3v) is 6.36. The molecular weight excluding hydrogens is 532 g/mol. The highest BCUT2D eigenvalue weighted by Gasteiger charge is 2.19. The van der Waals surface area contributed by atoms with E-state index in [1.54, 1.807) is 11.0 Å². The number of anilines is 1. The lowest BCUT2D eigenvalue weighted by Crippen LogP contribution is -2.34. The van der Waals surface area contributed by atoms with E-state index >= 15 is 0 Å². The average Bonchev–Trinajstić information content (AvgIpc) is 3.20. The van der Waals surface area contributed by atoms with Crippen LogP contribution in [0.5, 0.6) is 0 Å². The fraction of sp³-hybridized carbons (Fsp3) is 0.238. The lowest BCUT2D eigenvalue weighted by atomic mass is 10.2. The molecule has 0 radical (unpaired) electrons. The number of amides is 2. The Bertz CT molecular complexity index is 1020. The van der Waals surface area contributed by atoms with Crippen molar-refractivity contribution in [3.8, 4) is 10.6 Å². The Morgan fingerprint density at radius 2 is 1.77 bits per heavy atom. The molecule has 0 atom stereocenters. The van der Waals surface area contributed by atoms with Crippen LogP contribution >= 0.6 is 43.2 Å². The first-order chi connectivity index (χ1) is 14.5. The number of aromatic nitrogens is 2. The molecular formula is C21H20Br2N4O2S. The molecule has 0 fully saturated rings. The summed E-state index contributed by atoms with van der Waals surface area (Å²) in [5.41, 5.74) is 1.53. The molecule has 0 bridgehead atoms. The van der Waals surface area contributed by atoms with Gasteiger partial charge in [0, 0.05) is 34.0 Å². The van der Waals surface area contributed by atoms with Gasteiger partial charge in [-0.25, -0.2) is 0 Å². The van der Waals surface area contributed by atoms with E-state index in [1.807, 2.05) is 49.4 Å². The quantitative estimate of drug-likeness (QED) is 0.395. The minimum absolute atomic E-state index is 0.0921. The van der Waals surface area contributed by atoms with Crippen molar-refractivity contribution >= 4 is 60.1 Å². The molecule has 6 nitrogen and oxygen atoms in total. The van der Waals surface area contributed by atoms with Crippen LogP contribution in [-0.4, -0.2) is 40.0 Å². The van der Waals surface area contributed by atoms with Gasteiger partial charge >= 0.3 is 0 Å². The zero-order chi connectivity index (χ0) is 21.5. The molecule has 3 aromatic rings. The van der Waals surface area contributed by atoms with Crippen molar-refractivity contribution < 1.29 is 9.59 Å². The van der Waals surface area contributed by atoms with Gasteiger partial charge in [-0.1, -0.05) is 58.5 Å². The molecule has 0 aliphatic rings. The van der Waals surface area contributed by atoms with Crippen LogP contribution in [0.4, 0.5) is 5.13 Å². The van der Waals surface area contributed by atoms with Crippen LogP contribution in [0.15, 0.2) is 57.5 Å². The minimum atomic E-state index is -0.200. The van der Waals surface area contributed by atoms with E-state index in [4.69, 9.17) is 0 Å². The fourth-order valence-electron chi connectivity index (χ4n) is 2.79. The number of hydrogen-bond acceptors (Lipinski definition) is 5. The molecule has 3 rings (SSSR count). The fourth-order valence-corrected chi connectivity index (χ4v) is 4.27. The molecule has 0 saturated heterocycles. The van der Waals surface area contributed by atoms with Crippen molar-refractivity contribution in [1.29, 1.82) is 0 Å². The van der Waals surface area contributed by atoms with E-state index in [0.717, 1.165) is 25.9 Å². The first kappa shape index (κ1) is 22.6. The third kappa shape index (κ3) is 5.96. The topological polar surface area (TPSA) is 75.2 Å². The summed E-state index contributed by atoms with van der Waals surface area (Å²) in [6.07, 6.45) is 0.994. The van der Waals surface area contributed by atoms with Crippen LogP contribution in [0.1, 0.15) is 30.1 Å². The number of nitrogens with one attached hydrogen (secondary N) is 1. The summed E-state index contributed by atoms with van der Waals surface area (Å²) in [6.45, 7) is 2.92. The zero-order valence-electron chi connectivity index (χ0n) is 16.3. The average molecular weight is 552 g/mol. The van der Waals surface area contributed by atoms with Gasteiger partial charge in [-0.15, -0.1) is 10.2 Å². The molecule has 156 valence electrons. The molecule has 9 heteroatoms. The van der Waals surface area contributed by atoms with Crippen molar-refractivity contribution in [2.24, 2.45) is 0 Å². The van der Waals surface area contributed by atoms with Gasteiger partial charge in [-0.3, -0.25) is 9.59 Å². The molecule has 0 spiro atoms. The van der Waals surface area contributed by atoms with Gasteiger partial charge in [0.1, 0.15) is 5.01 Å². The number of halogens is 2. The molecule has 0 aliphatic carbocycles. The molecule has 2 amide bonds. The number of benzene rings is 2. The van der Waals surface area contributed by atoms with Crippen molar-refractivity contribution in [2.45, 2.75) is 19.8 Å². The Kier molecular flexibility index (Phi) is 8.12. The van der Waals surface area contributed by atoms with Crippen molar-refractivity contribution in [2.75, 3.05) is 18.4 Å². The lowest BCUT2D eigenvalue weighted by molar-refractivity contribution is -0.116. The normalized spacial score (nSPS) is 10.6. The largest absolute Gasteiger partial charge is 0.338 e. The maximum absolute atomic E-state index is 12.9. The van der Waals surface area contributed by atoms with Gasteiger partial charge < -0.3 is 10.2 Å². The molecule has 1 heterocycles. The second-order valence-corrected chi connectivity index (χ2v) is 9.24. The number of carbonyl (C=O) groups excluding carboxylic acids is 2. The Labute approximate surface area is 196 Å². The molecule has 0 saturated carbocycles. The summed E-state index contributed by atoms with van der Waals surface area (Å²) in [4.78, 5) is 27.0. The van der Waals surface area contributed by atoms with Gasteiger partial charge in [0.15, 0.2) is 0 Å². The second-order valence-electron chi connectivity index (χ2n) is 6.49. The zero-order valence-corrected chi connectivity index (χ0v) is 20.3.